The highest BCUT2D eigenvalue weighted by atomic mass is 16.5. The van der Waals surface area contributed by atoms with Crippen molar-refractivity contribution in [3.63, 3.8) is 0 Å². The Morgan fingerprint density at radius 3 is 2.27 bits per heavy atom. The van der Waals surface area contributed by atoms with Crippen LogP contribution >= 0.6 is 0 Å². The highest BCUT2D eigenvalue weighted by Gasteiger charge is 2.43. The summed E-state index contributed by atoms with van der Waals surface area (Å²) in [4.78, 5) is 42.0. The molecule has 5 rings (SSSR count). The van der Waals surface area contributed by atoms with Crippen LogP contribution in [-0.4, -0.2) is 77.9 Å². The SMILES string of the molecule is COc1ccc(COC(=O)NC2CCC2C(=O)N[C@@H](Cc2ccccc2)[C@H](O)CN2C[C@H]3CCCC[C@H]3C[C@@H]2C(=O)NC(C)(C)C)cc1. The van der Waals surface area contributed by atoms with E-state index >= 15 is 0 Å². The van der Waals surface area contributed by atoms with E-state index in [9.17, 15) is 19.5 Å². The molecule has 3 amide bonds. The number of likely N-dealkylation sites (tertiary alicyclic amines) is 1. The molecular formula is C38H54N4O6. The summed E-state index contributed by atoms with van der Waals surface area (Å²) in [6, 6.07) is 15.9. The van der Waals surface area contributed by atoms with Gasteiger partial charge in [0.1, 0.15) is 12.4 Å². The molecule has 2 unspecified atom stereocenters. The van der Waals surface area contributed by atoms with Gasteiger partial charge in [-0.3, -0.25) is 14.5 Å². The number of hydrogen-bond donors (Lipinski definition) is 4. The van der Waals surface area contributed by atoms with Crippen molar-refractivity contribution in [2.75, 3.05) is 20.2 Å². The van der Waals surface area contributed by atoms with Crippen molar-refractivity contribution in [3.05, 3.63) is 65.7 Å². The number of benzene rings is 2. The molecule has 7 atom stereocenters. The van der Waals surface area contributed by atoms with Crippen LogP contribution in [0.15, 0.2) is 54.6 Å². The third-order valence-electron chi connectivity index (χ3n) is 10.3. The minimum atomic E-state index is -0.903. The fraction of sp³-hybridized carbons (Fsp3) is 0.605. The standard InChI is InChI=1S/C38H54N4O6/c1-38(2,3)41-36(45)33-21-27-12-8-9-13-28(27)22-42(33)23-34(43)32(20-25-10-6-5-7-11-25)39-35(44)30-18-19-31(30)40-37(46)48-24-26-14-16-29(47-4)17-15-26/h5-7,10-11,14-17,27-28,30-34,43H,8-9,12-13,18-24H2,1-4H3,(H,39,44)(H,40,46)(H,41,45)/t27-,28+,30?,31?,32-,33+,34+/m0/s1. The summed E-state index contributed by atoms with van der Waals surface area (Å²) in [5, 5.41) is 21.0. The van der Waals surface area contributed by atoms with Gasteiger partial charge in [0, 0.05) is 24.7 Å². The average molecular weight is 663 g/mol. The maximum Gasteiger partial charge on any atom is 0.407 e. The van der Waals surface area contributed by atoms with Crippen molar-refractivity contribution in [2.24, 2.45) is 17.8 Å². The normalized spacial score (nSPS) is 25.4. The Balaban J connectivity index is 1.23. The number of amides is 3. The van der Waals surface area contributed by atoms with Gasteiger partial charge in [0.05, 0.1) is 31.2 Å². The number of aliphatic hydroxyl groups is 1. The number of carbonyl (C=O) groups is 3. The van der Waals surface area contributed by atoms with E-state index < -0.39 is 24.2 Å². The topological polar surface area (TPSA) is 129 Å². The van der Waals surface area contributed by atoms with Crippen LogP contribution in [0.2, 0.25) is 0 Å². The first-order chi connectivity index (χ1) is 23.0. The minimum absolute atomic E-state index is 0.00429. The molecule has 262 valence electrons. The van der Waals surface area contributed by atoms with Crippen molar-refractivity contribution < 1.29 is 29.0 Å². The van der Waals surface area contributed by atoms with Gasteiger partial charge in [-0.2, -0.15) is 0 Å². The zero-order valence-electron chi connectivity index (χ0n) is 29.0. The van der Waals surface area contributed by atoms with Gasteiger partial charge in [-0.15, -0.1) is 0 Å². The first-order valence-corrected chi connectivity index (χ1v) is 17.6. The van der Waals surface area contributed by atoms with E-state index in [4.69, 9.17) is 9.47 Å². The predicted molar refractivity (Wildman–Crippen MR) is 184 cm³/mol. The van der Waals surface area contributed by atoms with E-state index in [2.05, 4.69) is 20.9 Å². The van der Waals surface area contributed by atoms with E-state index in [-0.39, 0.29) is 42.6 Å². The summed E-state index contributed by atoms with van der Waals surface area (Å²) in [5.74, 6) is 1.14. The quantitative estimate of drug-likeness (QED) is 0.262. The summed E-state index contributed by atoms with van der Waals surface area (Å²) in [6.45, 7) is 7.13. The lowest BCUT2D eigenvalue weighted by molar-refractivity contribution is -0.134. The van der Waals surface area contributed by atoms with Crippen LogP contribution in [0.1, 0.15) is 76.8 Å². The fourth-order valence-corrected chi connectivity index (χ4v) is 7.49. The van der Waals surface area contributed by atoms with Crippen molar-refractivity contribution in [1.82, 2.24) is 20.9 Å². The molecule has 0 bridgehead atoms. The van der Waals surface area contributed by atoms with E-state index in [1.165, 1.54) is 12.8 Å². The number of piperidine rings is 1. The van der Waals surface area contributed by atoms with Crippen molar-refractivity contribution >= 4 is 17.9 Å². The highest BCUT2D eigenvalue weighted by molar-refractivity contribution is 5.83. The Labute approximate surface area is 285 Å². The van der Waals surface area contributed by atoms with Crippen LogP contribution in [0, 0.1) is 17.8 Å². The maximum atomic E-state index is 13.7. The van der Waals surface area contributed by atoms with Crippen molar-refractivity contribution in [2.45, 2.75) is 109 Å². The van der Waals surface area contributed by atoms with Gasteiger partial charge in [-0.05, 0) is 88.0 Å². The zero-order valence-corrected chi connectivity index (χ0v) is 29.0. The number of β-amino-alcohol motifs (C(OH)–C–C–N with tert-alkyl or cyclic N) is 1. The highest BCUT2D eigenvalue weighted by Crippen LogP contribution is 2.39. The summed E-state index contributed by atoms with van der Waals surface area (Å²) >= 11 is 0. The van der Waals surface area contributed by atoms with Crippen LogP contribution in [0.4, 0.5) is 4.79 Å². The van der Waals surface area contributed by atoms with E-state index in [0.717, 1.165) is 42.7 Å². The molecule has 3 fully saturated rings. The lowest BCUT2D eigenvalue weighted by Crippen LogP contribution is -2.61. The number of alkyl carbamates (subject to hydrolysis) is 1. The smallest absolute Gasteiger partial charge is 0.407 e. The van der Waals surface area contributed by atoms with Gasteiger partial charge in [-0.25, -0.2) is 4.79 Å². The third kappa shape index (κ3) is 9.72. The number of aliphatic hydroxyl groups excluding tert-OH is 1. The van der Waals surface area contributed by atoms with E-state index in [0.29, 0.717) is 31.1 Å². The second kappa shape index (κ2) is 16.2. The molecule has 1 aliphatic heterocycles. The number of rotatable bonds is 12. The van der Waals surface area contributed by atoms with Crippen LogP contribution in [-0.2, 0) is 27.4 Å². The molecule has 0 radical (unpaired) electrons. The van der Waals surface area contributed by atoms with Gasteiger partial charge < -0.3 is 30.5 Å². The number of ether oxygens (including phenoxy) is 2. The van der Waals surface area contributed by atoms with Gasteiger partial charge in [0.15, 0.2) is 0 Å². The number of nitrogens with one attached hydrogen (secondary N) is 3. The van der Waals surface area contributed by atoms with Gasteiger partial charge in [0.2, 0.25) is 11.8 Å². The molecular weight excluding hydrogens is 608 g/mol. The largest absolute Gasteiger partial charge is 0.497 e. The van der Waals surface area contributed by atoms with Gasteiger partial charge >= 0.3 is 6.09 Å². The number of fused-ring (bicyclic) bond motifs is 1. The minimum Gasteiger partial charge on any atom is -0.497 e. The molecule has 0 spiro atoms. The fourth-order valence-electron chi connectivity index (χ4n) is 7.49. The third-order valence-corrected chi connectivity index (χ3v) is 10.3. The van der Waals surface area contributed by atoms with Crippen LogP contribution in [0.25, 0.3) is 0 Å². The Bertz CT molecular complexity index is 1360. The summed E-state index contributed by atoms with van der Waals surface area (Å²) in [5.41, 5.74) is 1.47. The Hall–Kier alpha value is -3.63. The van der Waals surface area contributed by atoms with Gasteiger partial charge in [0.25, 0.3) is 0 Å². The first kappa shape index (κ1) is 35.7. The second-order valence-corrected chi connectivity index (χ2v) is 15.0. The molecule has 0 aromatic heterocycles. The molecule has 2 aliphatic carbocycles. The first-order valence-electron chi connectivity index (χ1n) is 17.6. The lowest BCUT2D eigenvalue weighted by atomic mass is 9.72. The Morgan fingerprint density at radius 1 is 0.917 bits per heavy atom. The maximum absolute atomic E-state index is 13.7. The number of hydrogen-bond acceptors (Lipinski definition) is 7. The molecule has 10 nitrogen and oxygen atoms in total. The summed E-state index contributed by atoms with van der Waals surface area (Å²) in [6.07, 6.45) is 5.78. The zero-order chi connectivity index (χ0) is 34.3. The predicted octanol–water partition coefficient (Wildman–Crippen LogP) is 4.58. The average Bonchev–Trinajstić information content (AvgIpc) is 3.05. The summed E-state index contributed by atoms with van der Waals surface area (Å²) < 4.78 is 10.6. The molecule has 2 aromatic rings. The number of carbonyl (C=O) groups excluding carboxylic acids is 3. The van der Waals surface area contributed by atoms with Crippen molar-refractivity contribution in [1.29, 1.82) is 0 Å². The number of methoxy groups -OCH3 is 1. The lowest BCUT2D eigenvalue weighted by Gasteiger charge is -2.47. The van der Waals surface area contributed by atoms with Crippen LogP contribution in [0.3, 0.4) is 0 Å². The Kier molecular flexibility index (Phi) is 12.0. The molecule has 48 heavy (non-hydrogen) atoms. The molecule has 1 saturated heterocycles. The van der Waals surface area contributed by atoms with Crippen molar-refractivity contribution in [3.8, 4) is 5.75 Å². The van der Waals surface area contributed by atoms with E-state index in [1.807, 2.05) is 75.4 Å². The van der Waals surface area contributed by atoms with Gasteiger partial charge in [-0.1, -0.05) is 61.7 Å². The number of nitrogens with zero attached hydrogens (tertiary/aromatic N) is 1. The van der Waals surface area contributed by atoms with E-state index in [1.54, 1.807) is 7.11 Å². The molecule has 4 N–H and O–H groups in total. The second-order valence-electron chi connectivity index (χ2n) is 15.0. The Morgan fingerprint density at radius 2 is 1.62 bits per heavy atom. The molecule has 1 heterocycles. The summed E-state index contributed by atoms with van der Waals surface area (Å²) in [7, 11) is 1.60. The van der Waals surface area contributed by atoms with Crippen LogP contribution in [0.5, 0.6) is 5.75 Å². The molecule has 2 aromatic carbocycles. The monoisotopic (exact) mass is 662 g/mol. The molecule has 3 aliphatic rings. The molecule has 2 saturated carbocycles. The molecule has 10 heteroatoms. The van der Waals surface area contributed by atoms with Crippen LogP contribution < -0.4 is 20.7 Å².